The van der Waals surface area contributed by atoms with Crippen molar-refractivity contribution in [2.75, 3.05) is 13.1 Å². The minimum Gasteiger partial charge on any atom is -0.342 e. The molecule has 0 aromatic rings. The maximum atomic E-state index is 12.0. The minimum absolute atomic E-state index is 0.0306. The van der Waals surface area contributed by atoms with Crippen molar-refractivity contribution in [1.29, 1.82) is 5.26 Å². The van der Waals surface area contributed by atoms with Crippen LogP contribution in [-0.2, 0) is 4.79 Å². The summed E-state index contributed by atoms with van der Waals surface area (Å²) in [6, 6.07) is 2.20. The van der Waals surface area contributed by atoms with Gasteiger partial charge < -0.3 is 4.90 Å². The fraction of sp³-hybridized carbons (Fsp3) is 0.818. The molecule has 0 unspecified atom stereocenters. The summed E-state index contributed by atoms with van der Waals surface area (Å²) in [6.07, 6.45) is 1.47. The predicted molar refractivity (Wildman–Crippen MR) is 54.4 cm³/mol. The first kappa shape index (κ1) is 11.0. The number of hydrogen-bond acceptors (Lipinski definition) is 2. The highest BCUT2D eigenvalue weighted by atomic mass is 16.2. The van der Waals surface area contributed by atoms with Gasteiger partial charge in [0.05, 0.1) is 6.07 Å². The molecule has 1 fully saturated rings. The largest absolute Gasteiger partial charge is 0.342 e. The molecule has 0 radical (unpaired) electrons. The molecule has 0 N–H and O–H groups in total. The average Bonchev–Trinajstić information content (AvgIpc) is 2.14. The van der Waals surface area contributed by atoms with Crippen LogP contribution in [0.4, 0.5) is 0 Å². The molecule has 3 heteroatoms. The monoisotopic (exact) mass is 194 g/mol. The normalized spacial score (nSPS) is 30.3. The van der Waals surface area contributed by atoms with Gasteiger partial charge in [-0.2, -0.15) is 5.26 Å². The molecule has 0 aromatic carbocycles. The number of carbonyl (C=O) groups is 1. The van der Waals surface area contributed by atoms with Crippen LogP contribution < -0.4 is 0 Å². The molecule has 14 heavy (non-hydrogen) atoms. The van der Waals surface area contributed by atoms with E-state index in [1.54, 1.807) is 4.90 Å². The molecule has 78 valence electrons. The number of rotatable bonds is 3. The molecule has 0 saturated heterocycles. The second kappa shape index (κ2) is 4.00. The van der Waals surface area contributed by atoms with Crippen LogP contribution in [0.1, 0.15) is 33.6 Å². The fourth-order valence-corrected chi connectivity index (χ4v) is 2.26. The Labute approximate surface area is 85.7 Å². The lowest BCUT2D eigenvalue weighted by Gasteiger charge is -2.42. The van der Waals surface area contributed by atoms with E-state index < -0.39 is 5.41 Å². The third kappa shape index (κ3) is 1.61. The fourth-order valence-electron chi connectivity index (χ4n) is 2.26. The highest BCUT2D eigenvalue weighted by Gasteiger charge is 2.50. The number of hydrogen-bond donors (Lipinski definition) is 0. The van der Waals surface area contributed by atoms with Crippen LogP contribution in [0, 0.1) is 22.7 Å². The van der Waals surface area contributed by atoms with Crippen LogP contribution in [0.5, 0.6) is 0 Å². The summed E-state index contributed by atoms with van der Waals surface area (Å²) in [6.45, 7) is 7.40. The van der Waals surface area contributed by atoms with E-state index in [0.29, 0.717) is 19.0 Å². The van der Waals surface area contributed by atoms with Gasteiger partial charge >= 0.3 is 0 Å². The van der Waals surface area contributed by atoms with Gasteiger partial charge in [0, 0.05) is 13.1 Å². The average molecular weight is 194 g/mol. The molecule has 0 bridgehead atoms. The molecule has 1 amide bonds. The van der Waals surface area contributed by atoms with Gasteiger partial charge in [-0.05, 0) is 32.6 Å². The summed E-state index contributed by atoms with van der Waals surface area (Å²) in [5, 5.41) is 9.07. The Bertz CT molecular complexity index is 257. The quantitative estimate of drug-likeness (QED) is 0.687. The zero-order valence-corrected chi connectivity index (χ0v) is 9.21. The van der Waals surface area contributed by atoms with E-state index in [1.807, 2.05) is 13.8 Å². The third-order valence-corrected chi connectivity index (χ3v) is 3.07. The van der Waals surface area contributed by atoms with E-state index in [2.05, 4.69) is 13.0 Å². The van der Waals surface area contributed by atoms with Crippen molar-refractivity contribution in [3.05, 3.63) is 0 Å². The van der Waals surface area contributed by atoms with Crippen molar-refractivity contribution < 1.29 is 4.79 Å². The molecule has 3 nitrogen and oxygen atoms in total. The molecule has 0 spiro atoms. The van der Waals surface area contributed by atoms with Crippen molar-refractivity contribution in [2.24, 2.45) is 11.3 Å². The lowest BCUT2D eigenvalue weighted by atomic mass is 9.63. The first-order valence-electron chi connectivity index (χ1n) is 5.30. The molecule has 1 saturated carbocycles. The van der Waals surface area contributed by atoms with Crippen molar-refractivity contribution in [1.82, 2.24) is 4.90 Å². The Morgan fingerprint density at radius 1 is 1.50 bits per heavy atom. The maximum Gasteiger partial charge on any atom is 0.243 e. The van der Waals surface area contributed by atoms with Gasteiger partial charge in [0.25, 0.3) is 0 Å². The Morgan fingerprint density at radius 2 is 2.00 bits per heavy atom. The van der Waals surface area contributed by atoms with Crippen LogP contribution in [0.15, 0.2) is 0 Å². The Kier molecular flexibility index (Phi) is 3.15. The predicted octanol–water partition coefficient (Wildman–Crippen LogP) is 1.79. The number of amides is 1. The zero-order chi connectivity index (χ0) is 10.8. The van der Waals surface area contributed by atoms with Crippen molar-refractivity contribution in [3.8, 4) is 6.07 Å². The van der Waals surface area contributed by atoms with Crippen LogP contribution in [0.2, 0.25) is 0 Å². The second-order valence-electron chi connectivity index (χ2n) is 4.18. The molecule has 0 atom stereocenters. The van der Waals surface area contributed by atoms with E-state index in [-0.39, 0.29) is 5.91 Å². The highest BCUT2D eigenvalue weighted by molar-refractivity contribution is 5.86. The van der Waals surface area contributed by atoms with Crippen molar-refractivity contribution in [3.63, 3.8) is 0 Å². The Balaban J connectivity index is 2.72. The zero-order valence-electron chi connectivity index (χ0n) is 9.21. The summed E-state index contributed by atoms with van der Waals surface area (Å²) in [4.78, 5) is 13.7. The van der Waals surface area contributed by atoms with Gasteiger partial charge in [0.2, 0.25) is 5.91 Å². The van der Waals surface area contributed by atoms with Crippen molar-refractivity contribution in [2.45, 2.75) is 33.6 Å². The Morgan fingerprint density at radius 3 is 2.29 bits per heavy atom. The first-order valence-corrected chi connectivity index (χ1v) is 5.30. The SMILES string of the molecule is CCN(CC)C(=O)C1(C#N)CC(C)C1. The smallest absolute Gasteiger partial charge is 0.243 e. The van der Waals surface area contributed by atoms with E-state index in [0.717, 1.165) is 12.8 Å². The van der Waals surface area contributed by atoms with Gasteiger partial charge in [-0.3, -0.25) is 4.79 Å². The van der Waals surface area contributed by atoms with Crippen LogP contribution in [0.3, 0.4) is 0 Å². The van der Waals surface area contributed by atoms with Crippen LogP contribution >= 0.6 is 0 Å². The van der Waals surface area contributed by atoms with Gasteiger partial charge in [-0.15, -0.1) is 0 Å². The number of carbonyl (C=O) groups excluding carboxylic acids is 1. The number of nitrogens with zero attached hydrogens (tertiary/aromatic N) is 2. The summed E-state index contributed by atoms with van der Waals surface area (Å²) < 4.78 is 0. The highest BCUT2D eigenvalue weighted by Crippen LogP contribution is 2.46. The maximum absolute atomic E-state index is 12.0. The van der Waals surface area contributed by atoms with Crippen LogP contribution in [-0.4, -0.2) is 23.9 Å². The standard InChI is InChI=1S/C11H18N2O/c1-4-13(5-2)10(14)11(8-12)6-9(3)7-11/h9H,4-7H2,1-3H3. The topological polar surface area (TPSA) is 44.1 Å². The molecule has 1 aliphatic rings. The van der Waals surface area contributed by atoms with E-state index in [4.69, 9.17) is 5.26 Å². The number of nitriles is 1. The molecular formula is C11H18N2O. The molecule has 0 heterocycles. The second-order valence-corrected chi connectivity index (χ2v) is 4.18. The Hall–Kier alpha value is -1.04. The summed E-state index contributed by atoms with van der Waals surface area (Å²) >= 11 is 0. The molecular weight excluding hydrogens is 176 g/mol. The lowest BCUT2D eigenvalue weighted by molar-refractivity contribution is -0.144. The van der Waals surface area contributed by atoms with E-state index >= 15 is 0 Å². The lowest BCUT2D eigenvalue weighted by Crippen LogP contribution is -2.49. The molecule has 0 aromatic heterocycles. The molecule has 1 aliphatic carbocycles. The van der Waals surface area contributed by atoms with Crippen LogP contribution in [0.25, 0.3) is 0 Å². The first-order chi connectivity index (χ1) is 6.59. The summed E-state index contributed by atoms with van der Waals surface area (Å²) in [5.41, 5.74) is -0.689. The van der Waals surface area contributed by atoms with Crippen molar-refractivity contribution >= 4 is 5.91 Å². The van der Waals surface area contributed by atoms with Gasteiger partial charge in [-0.25, -0.2) is 0 Å². The molecule has 0 aliphatic heterocycles. The molecule has 1 rings (SSSR count). The van der Waals surface area contributed by atoms with Gasteiger partial charge in [0.1, 0.15) is 5.41 Å². The summed E-state index contributed by atoms with van der Waals surface area (Å²) in [5.74, 6) is 0.553. The van der Waals surface area contributed by atoms with Gasteiger partial charge in [-0.1, -0.05) is 6.92 Å². The summed E-state index contributed by atoms with van der Waals surface area (Å²) in [7, 11) is 0. The minimum atomic E-state index is -0.689. The van der Waals surface area contributed by atoms with E-state index in [1.165, 1.54) is 0 Å². The van der Waals surface area contributed by atoms with E-state index in [9.17, 15) is 4.79 Å². The van der Waals surface area contributed by atoms with Gasteiger partial charge in [0.15, 0.2) is 0 Å². The third-order valence-electron chi connectivity index (χ3n) is 3.07.